The predicted molar refractivity (Wildman–Crippen MR) is 207 cm³/mol. The van der Waals surface area contributed by atoms with Crippen molar-refractivity contribution in [2.75, 3.05) is 12.4 Å². The van der Waals surface area contributed by atoms with E-state index in [0.29, 0.717) is 0 Å². The van der Waals surface area contributed by atoms with E-state index in [0.717, 1.165) is 6.21 Å². The number of amides is 1. The molecule has 0 fully saturated rings. The molecule has 6 N–H and O–H groups in total. The number of methoxy groups -OCH3 is 1. The molecule has 0 saturated carbocycles. The standard InChI is InChI=1S/C40H49N5O12/c1-18-11-10-12-19(2)39(53)44-30-25(15-43-45-16-41-42-17-45)34(50)27-28(35(30)51)33(49)23(6)37-29(27)38(52)40(8,57-37)55-14-13-26(54-9)20(3)36(56-24(7)46)22(5)32(48)21(4)31(18)47/h10-18,20-22,26,31-32,36,47-51H,1-9H3,(H,44,53)/b11-10+,14-13+,19-12-,43-15?/t18-,20-,21+,22-,26-,31-,32+,36+,40-/m0/s1. The summed E-state index contributed by atoms with van der Waals surface area (Å²) in [5.41, 5.74) is -0.655. The van der Waals surface area contributed by atoms with Gasteiger partial charge in [-0.05, 0) is 19.9 Å². The minimum Gasteiger partial charge on any atom is -0.507 e. The number of aromatic hydroxyl groups is 3. The van der Waals surface area contributed by atoms with E-state index < -0.39 is 88.8 Å². The number of ketones is 1. The highest BCUT2D eigenvalue weighted by Gasteiger charge is 2.50. The third kappa shape index (κ3) is 8.08. The molecule has 1 amide bonds. The molecule has 5 bridgehead atoms. The van der Waals surface area contributed by atoms with Crippen molar-refractivity contribution in [2.24, 2.45) is 28.8 Å². The molecule has 0 saturated heterocycles. The number of hydrogen-bond acceptors (Lipinski definition) is 15. The van der Waals surface area contributed by atoms with Crippen molar-refractivity contribution in [3.8, 4) is 23.0 Å². The number of esters is 1. The first kappa shape index (κ1) is 42.4. The summed E-state index contributed by atoms with van der Waals surface area (Å²) < 4.78 is 24.6. The van der Waals surface area contributed by atoms with Gasteiger partial charge in [0, 0.05) is 61.2 Å². The summed E-state index contributed by atoms with van der Waals surface area (Å²) in [4.78, 5) is 40.2. The van der Waals surface area contributed by atoms with E-state index in [9.17, 15) is 39.9 Å². The Kier molecular flexibility index (Phi) is 12.5. The molecule has 0 spiro atoms. The van der Waals surface area contributed by atoms with E-state index in [4.69, 9.17) is 18.9 Å². The third-order valence-corrected chi connectivity index (χ3v) is 10.8. The quantitative estimate of drug-likeness (QED) is 0.0938. The molecule has 3 aliphatic rings. The minimum atomic E-state index is -2.07. The molecular weight excluding hydrogens is 742 g/mol. The summed E-state index contributed by atoms with van der Waals surface area (Å²) in [6.45, 7) is 12.4. The number of rotatable bonds is 4. The van der Waals surface area contributed by atoms with Crippen LogP contribution in [0.5, 0.6) is 23.0 Å². The Morgan fingerprint density at radius 2 is 1.63 bits per heavy atom. The van der Waals surface area contributed by atoms with E-state index in [1.807, 2.05) is 0 Å². The van der Waals surface area contributed by atoms with Gasteiger partial charge in [0.05, 0.1) is 53.0 Å². The van der Waals surface area contributed by atoms with Crippen molar-refractivity contribution < 1.29 is 58.9 Å². The molecule has 3 aromatic rings. The van der Waals surface area contributed by atoms with E-state index >= 15 is 0 Å². The summed E-state index contributed by atoms with van der Waals surface area (Å²) in [7, 11) is 1.42. The number of benzene rings is 2. The number of nitrogens with zero attached hydrogens (tertiary/aromatic N) is 4. The van der Waals surface area contributed by atoms with Crippen molar-refractivity contribution in [3.63, 3.8) is 0 Å². The molecule has 3 aliphatic heterocycles. The Morgan fingerprint density at radius 3 is 2.26 bits per heavy atom. The maximum atomic E-state index is 14.3. The first-order valence-electron chi connectivity index (χ1n) is 18.3. The monoisotopic (exact) mass is 791 g/mol. The molecule has 1 aromatic heterocycles. The maximum Gasteiger partial charge on any atom is 0.312 e. The number of carbonyl (C=O) groups excluding carboxylic acids is 3. The highest BCUT2D eigenvalue weighted by atomic mass is 16.7. The van der Waals surface area contributed by atoms with Crippen LogP contribution in [0.2, 0.25) is 0 Å². The van der Waals surface area contributed by atoms with Crippen LogP contribution in [-0.2, 0) is 23.8 Å². The number of aromatic nitrogens is 3. The normalized spacial score (nSPS) is 30.8. The number of Topliss-reactive ketones (excluding diaryl/α,β-unsaturated/α-hetero) is 1. The number of aliphatic hydroxyl groups excluding tert-OH is 2. The van der Waals surface area contributed by atoms with Gasteiger partial charge in [-0.2, -0.15) is 5.10 Å². The van der Waals surface area contributed by atoms with E-state index in [1.54, 1.807) is 39.8 Å². The number of carbonyl (C=O) groups is 3. The summed E-state index contributed by atoms with van der Waals surface area (Å²) in [6.07, 6.45) is 7.00. The summed E-state index contributed by atoms with van der Waals surface area (Å²) in [5, 5.41) is 71.5. The van der Waals surface area contributed by atoms with Crippen LogP contribution in [0.25, 0.3) is 10.8 Å². The van der Waals surface area contributed by atoms with Gasteiger partial charge in [0.25, 0.3) is 11.7 Å². The molecule has 57 heavy (non-hydrogen) atoms. The number of phenolic OH excluding ortho intramolecular Hbond substituents is 3. The molecule has 17 nitrogen and oxygen atoms in total. The Labute approximate surface area is 328 Å². The number of anilines is 1. The molecule has 17 heteroatoms. The van der Waals surface area contributed by atoms with E-state index in [1.165, 1.54) is 70.5 Å². The van der Waals surface area contributed by atoms with Crippen LogP contribution in [0, 0.1) is 30.6 Å². The van der Waals surface area contributed by atoms with Gasteiger partial charge in [0.2, 0.25) is 0 Å². The van der Waals surface area contributed by atoms with E-state index in [2.05, 4.69) is 20.6 Å². The highest BCUT2D eigenvalue weighted by Crippen LogP contribution is 2.55. The number of aliphatic hydroxyl groups is 2. The van der Waals surface area contributed by atoms with Crippen molar-refractivity contribution in [1.82, 2.24) is 14.9 Å². The largest absolute Gasteiger partial charge is 0.507 e. The lowest BCUT2D eigenvalue weighted by Gasteiger charge is -2.38. The molecular formula is C40H49N5O12. The molecule has 6 rings (SSSR count). The smallest absolute Gasteiger partial charge is 0.312 e. The van der Waals surface area contributed by atoms with Crippen molar-refractivity contribution in [1.29, 1.82) is 0 Å². The zero-order valence-electron chi connectivity index (χ0n) is 33.1. The topological polar surface area (TPSA) is 244 Å². The first-order valence-corrected chi connectivity index (χ1v) is 18.3. The molecule has 2 aromatic carbocycles. The van der Waals surface area contributed by atoms with Crippen LogP contribution >= 0.6 is 0 Å². The van der Waals surface area contributed by atoms with Gasteiger partial charge in [-0.3, -0.25) is 14.4 Å². The van der Waals surface area contributed by atoms with Crippen molar-refractivity contribution in [2.45, 2.75) is 85.6 Å². The fourth-order valence-corrected chi connectivity index (χ4v) is 7.25. The van der Waals surface area contributed by atoms with Gasteiger partial charge in [-0.15, -0.1) is 10.2 Å². The van der Waals surface area contributed by atoms with Crippen molar-refractivity contribution >= 4 is 40.3 Å². The van der Waals surface area contributed by atoms with Crippen molar-refractivity contribution in [3.05, 3.63) is 65.5 Å². The molecule has 306 valence electrons. The van der Waals surface area contributed by atoms with Crippen LogP contribution in [0.4, 0.5) is 5.69 Å². The Morgan fingerprint density at radius 1 is 0.965 bits per heavy atom. The summed E-state index contributed by atoms with van der Waals surface area (Å²) >= 11 is 0. The summed E-state index contributed by atoms with van der Waals surface area (Å²) in [5.74, 6) is -8.72. The van der Waals surface area contributed by atoms with Crippen LogP contribution < -0.4 is 10.1 Å². The van der Waals surface area contributed by atoms with Crippen LogP contribution in [-0.4, -0.2) is 102 Å². The molecule has 0 radical (unpaired) electrons. The van der Waals surface area contributed by atoms with Gasteiger partial charge in [0.15, 0.2) is 5.75 Å². The average Bonchev–Trinajstić information content (AvgIpc) is 3.79. The lowest BCUT2D eigenvalue weighted by molar-refractivity contribution is -0.160. The first-order chi connectivity index (χ1) is 26.8. The van der Waals surface area contributed by atoms with Crippen LogP contribution in [0.1, 0.15) is 70.0 Å². The number of fused-ring (bicyclic) bond motifs is 14. The number of ether oxygens (including phenoxy) is 4. The zero-order chi connectivity index (χ0) is 42.1. The number of phenols is 3. The van der Waals surface area contributed by atoms with Gasteiger partial charge in [0.1, 0.15) is 36.0 Å². The molecule has 0 aliphatic carbocycles. The Hall–Kier alpha value is -5.78. The Balaban J connectivity index is 1.72. The fraction of sp³-hybridized carbons (Fsp3) is 0.450. The van der Waals surface area contributed by atoms with Crippen LogP contribution in [0.3, 0.4) is 0 Å². The van der Waals surface area contributed by atoms with Crippen LogP contribution in [0.15, 0.2) is 53.9 Å². The van der Waals surface area contributed by atoms with Gasteiger partial charge in [-0.1, -0.05) is 45.9 Å². The second-order valence-electron chi connectivity index (χ2n) is 14.7. The molecule has 9 atom stereocenters. The SMILES string of the molecule is CO[C@H]1/C=C/O[C@@]2(C)Oc3c(C)c(O)c4c(O)c(c(C=Nn5cnnc5)c(O)c4c3C2=O)NC(=O)/C(C)=C\C=C\[C@H](C)[C@H](O)[C@@H](C)[C@@H](O)[C@H](C)[C@H](OC(C)=O)[C@H]1C. The maximum absolute atomic E-state index is 14.3. The van der Waals surface area contributed by atoms with Gasteiger partial charge < -0.3 is 49.8 Å². The molecule has 4 heterocycles. The minimum absolute atomic E-state index is 0.0254. The number of hydrogen-bond donors (Lipinski definition) is 6. The fourth-order valence-electron chi connectivity index (χ4n) is 7.25. The van der Waals surface area contributed by atoms with Gasteiger partial charge in [-0.25, -0.2) is 4.68 Å². The number of allylic oxidation sites excluding steroid dienone is 2. The third-order valence-electron chi connectivity index (χ3n) is 10.8. The second kappa shape index (κ2) is 16.8. The average molecular weight is 792 g/mol. The van der Waals surface area contributed by atoms with Gasteiger partial charge >= 0.3 is 11.8 Å². The molecule has 0 unspecified atom stereocenters. The second-order valence-corrected chi connectivity index (χ2v) is 14.7. The lowest BCUT2D eigenvalue weighted by atomic mass is 9.78. The highest BCUT2D eigenvalue weighted by molar-refractivity contribution is 6.23. The summed E-state index contributed by atoms with van der Waals surface area (Å²) in [6, 6.07) is 0. The predicted octanol–water partition coefficient (Wildman–Crippen LogP) is 4.23. The lowest BCUT2D eigenvalue weighted by Crippen LogP contribution is -2.46. The zero-order valence-corrected chi connectivity index (χ0v) is 33.1. The Bertz CT molecular complexity index is 2160. The van der Waals surface area contributed by atoms with E-state index in [-0.39, 0.29) is 44.5 Å². The number of nitrogens with one attached hydrogen (secondary N) is 1.